The summed E-state index contributed by atoms with van der Waals surface area (Å²) in [6, 6.07) is 7.06. The van der Waals surface area contributed by atoms with Crippen LogP contribution in [0.25, 0.3) is 0 Å². The van der Waals surface area contributed by atoms with E-state index in [1.807, 2.05) is 13.0 Å². The summed E-state index contributed by atoms with van der Waals surface area (Å²) in [6.45, 7) is 2.09. The van der Waals surface area contributed by atoms with Crippen molar-refractivity contribution in [3.8, 4) is 0 Å². The molecule has 1 aromatic rings. The van der Waals surface area contributed by atoms with Crippen molar-refractivity contribution in [3.05, 3.63) is 29.8 Å². The van der Waals surface area contributed by atoms with Gasteiger partial charge in [-0.15, -0.1) is 0 Å². The SMILES string of the molecule is Cc1cccc(S(=O)C(CCN)C(=O)O)c1. The van der Waals surface area contributed by atoms with Crippen LogP contribution in [0.5, 0.6) is 0 Å². The van der Waals surface area contributed by atoms with Gasteiger partial charge in [0.05, 0.1) is 10.8 Å². The zero-order valence-corrected chi connectivity index (χ0v) is 9.87. The average molecular weight is 241 g/mol. The van der Waals surface area contributed by atoms with Gasteiger partial charge in [0.1, 0.15) is 5.25 Å². The van der Waals surface area contributed by atoms with Gasteiger partial charge in [-0.3, -0.25) is 9.00 Å². The molecule has 2 unspecified atom stereocenters. The zero-order valence-electron chi connectivity index (χ0n) is 9.05. The van der Waals surface area contributed by atoms with Gasteiger partial charge in [-0.1, -0.05) is 12.1 Å². The third-order valence-corrected chi connectivity index (χ3v) is 3.86. The Morgan fingerprint density at radius 1 is 1.56 bits per heavy atom. The first-order valence-corrected chi connectivity index (χ1v) is 6.17. The molecule has 4 nitrogen and oxygen atoms in total. The van der Waals surface area contributed by atoms with Crippen LogP contribution in [0.4, 0.5) is 0 Å². The Bertz CT molecular complexity index is 406. The minimum absolute atomic E-state index is 0.217. The summed E-state index contributed by atoms with van der Waals surface area (Å²) in [6.07, 6.45) is 0.218. The van der Waals surface area contributed by atoms with Crippen LogP contribution in [-0.4, -0.2) is 27.1 Å². The second kappa shape index (κ2) is 5.77. The molecule has 0 spiro atoms. The van der Waals surface area contributed by atoms with E-state index < -0.39 is 22.0 Å². The lowest BCUT2D eigenvalue weighted by Gasteiger charge is -2.11. The Balaban J connectivity index is 2.94. The summed E-state index contributed by atoms with van der Waals surface area (Å²) in [7, 11) is -1.54. The molecule has 0 fully saturated rings. The van der Waals surface area contributed by atoms with Gasteiger partial charge in [0.25, 0.3) is 0 Å². The minimum Gasteiger partial charge on any atom is -0.480 e. The highest BCUT2D eigenvalue weighted by molar-refractivity contribution is 7.86. The van der Waals surface area contributed by atoms with E-state index in [2.05, 4.69) is 0 Å². The lowest BCUT2D eigenvalue weighted by molar-refractivity contribution is -0.136. The van der Waals surface area contributed by atoms with Crippen molar-refractivity contribution in [3.63, 3.8) is 0 Å². The molecule has 0 aliphatic rings. The van der Waals surface area contributed by atoms with Crippen LogP contribution in [0.1, 0.15) is 12.0 Å². The highest BCUT2D eigenvalue weighted by Crippen LogP contribution is 2.15. The molecule has 88 valence electrons. The molecule has 0 aliphatic carbocycles. The van der Waals surface area contributed by atoms with E-state index in [0.717, 1.165) is 5.56 Å². The number of hydrogen-bond donors (Lipinski definition) is 2. The van der Waals surface area contributed by atoms with Crippen LogP contribution in [-0.2, 0) is 15.6 Å². The molecule has 0 bridgehead atoms. The highest BCUT2D eigenvalue weighted by Gasteiger charge is 2.24. The van der Waals surface area contributed by atoms with Crippen LogP contribution in [0.3, 0.4) is 0 Å². The molecule has 0 radical (unpaired) electrons. The molecule has 0 heterocycles. The minimum atomic E-state index is -1.54. The predicted molar refractivity (Wildman–Crippen MR) is 62.7 cm³/mol. The fourth-order valence-corrected chi connectivity index (χ4v) is 2.75. The van der Waals surface area contributed by atoms with Gasteiger partial charge < -0.3 is 10.8 Å². The maximum absolute atomic E-state index is 12.0. The quantitative estimate of drug-likeness (QED) is 0.802. The Morgan fingerprint density at radius 2 is 2.25 bits per heavy atom. The first-order chi connectivity index (χ1) is 7.56. The first kappa shape index (κ1) is 12.9. The molecular formula is C11H15NO3S. The van der Waals surface area contributed by atoms with E-state index >= 15 is 0 Å². The van der Waals surface area contributed by atoms with Crippen LogP contribution >= 0.6 is 0 Å². The number of hydrogen-bond acceptors (Lipinski definition) is 3. The fraction of sp³-hybridized carbons (Fsp3) is 0.364. The maximum atomic E-state index is 12.0. The number of benzene rings is 1. The lowest BCUT2D eigenvalue weighted by Crippen LogP contribution is -2.28. The monoisotopic (exact) mass is 241 g/mol. The molecule has 5 heteroatoms. The number of carboxylic acid groups (broad SMARTS) is 1. The normalized spacial score (nSPS) is 14.4. The number of aryl methyl sites for hydroxylation is 1. The van der Waals surface area contributed by atoms with E-state index in [-0.39, 0.29) is 13.0 Å². The molecule has 0 amide bonds. The molecule has 1 aromatic carbocycles. The van der Waals surface area contributed by atoms with E-state index in [1.54, 1.807) is 18.2 Å². The largest absolute Gasteiger partial charge is 0.480 e. The van der Waals surface area contributed by atoms with Gasteiger partial charge in [0.2, 0.25) is 0 Å². The first-order valence-electron chi connectivity index (χ1n) is 4.96. The third kappa shape index (κ3) is 3.15. The van der Waals surface area contributed by atoms with Crippen LogP contribution in [0.15, 0.2) is 29.2 Å². The smallest absolute Gasteiger partial charge is 0.319 e. The fourth-order valence-electron chi connectivity index (χ4n) is 1.38. The van der Waals surface area contributed by atoms with Crippen molar-refractivity contribution >= 4 is 16.8 Å². The average Bonchev–Trinajstić information content (AvgIpc) is 2.24. The number of carbonyl (C=O) groups is 1. The van der Waals surface area contributed by atoms with E-state index in [1.165, 1.54) is 0 Å². The van der Waals surface area contributed by atoms with Gasteiger partial charge in [0, 0.05) is 4.90 Å². The standard InChI is InChI=1S/C11H15NO3S/c1-8-3-2-4-9(7-8)16(15)10(5-6-12)11(13)14/h2-4,7,10H,5-6,12H2,1H3,(H,13,14). The number of aliphatic carboxylic acids is 1. The van der Waals surface area contributed by atoms with E-state index in [0.29, 0.717) is 4.90 Å². The summed E-state index contributed by atoms with van der Waals surface area (Å²) in [4.78, 5) is 11.5. The molecule has 0 saturated carbocycles. The third-order valence-electron chi connectivity index (χ3n) is 2.18. The van der Waals surface area contributed by atoms with Crippen molar-refractivity contribution in [2.45, 2.75) is 23.5 Å². The van der Waals surface area contributed by atoms with Gasteiger partial charge in [-0.25, -0.2) is 0 Å². The Kier molecular flexibility index (Phi) is 4.64. The molecule has 0 saturated heterocycles. The van der Waals surface area contributed by atoms with E-state index in [9.17, 15) is 9.00 Å². The zero-order chi connectivity index (χ0) is 12.1. The van der Waals surface area contributed by atoms with Crippen molar-refractivity contribution in [1.82, 2.24) is 0 Å². The summed E-state index contributed by atoms with van der Waals surface area (Å²) in [5.41, 5.74) is 6.28. The highest BCUT2D eigenvalue weighted by atomic mass is 32.2. The maximum Gasteiger partial charge on any atom is 0.319 e. The summed E-state index contributed by atoms with van der Waals surface area (Å²) in [5.74, 6) is -1.06. The summed E-state index contributed by atoms with van der Waals surface area (Å²) < 4.78 is 12.0. The molecular weight excluding hydrogens is 226 g/mol. The molecule has 16 heavy (non-hydrogen) atoms. The van der Waals surface area contributed by atoms with Gasteiger partial charge in [-0.2, -0.15) is 0 Å². The van der Waals surface area contributed by atoms with Crippen LogP contribution in [0.2, 0.25) is 0 Å². The summed E-state index contributed by atoms with van der Waals surface area (Å²) >= 11 is 0. The molecule has 3 N–H and O–H groups in total. The Labute approximate surface area is 96.9 Å². The van der Waals surface area contributed by atoms with Crippen molar-refractivity contribution in [2.75, 3.05) is 6.54 Å². The molecule has 0 aromatic heterocycles. The molecule has 2 atom stereocenters. The molecule has 1 rings (SSSR count). The predicted octanol–water partition coefficient (Wildman–Crippen LogP) is 0.905. The second-order valence-corrected chi connectivity index (χ2v) is 5.15. The topological polar surface area (TPSA) is 80.4 Å². The molecule has 0 aliphatic heterocycles. The van der Waals surface area contributed by atoms with Gasteiger partial charge in [0.15, 0.2) is 0 Å². The Hall–Kier alpha value is -1.20. The lowest BCUT2D eigenvalue weighted by atomic mass is 10.2. The van der Waals surface area contributed by atoms with Gasteiger partial charge in [-0.05, 0) is 37.6 Å². The van der Waals surface area contributed by atoms with Crippen molar-refractivity contribution < 1.29 is 14.1 Å². The summed E-state index contributed by atoms with van der Waals surface area (Å²) in [5, 5.41) is 8.03. The second-order valence-electron chi connectivity index (χ2n) is 3.52. The van der Waals surface area contributed by atoms with Crippen molar-refractivity contribution in [1.29, 1.82) is 0 Å². The van der Waals surface area contributed by atoms with Crippen molar-refractivity contribution in [2.24, 2.45) is 5.73 Å². The van der Waals surface area contributed by atoms with Crippen LogP contribution < -0.4 is 5.73 Å². The Morgan fingerprint density at radius 3 is 2.75 bits per heavy atom. The number of carboxylic acids is 1. The van der Waals surface area contributed by atoms with E-state index in [4.69, 9.17) is 10.8 Å². The van der Waals surface area contributed by atoms with Gasteiger partial charge >= 0.3 is 5.97 Å². The number of nitrogens with two attached hydrogens (primary N) is 1. The number of rotatable bonds is 5. The van der Waals surface area contributed by atoms with Crippen LogP contribution in [0, 0.1) is 6.92 Å².